The number of likely N-dealkylation sites (tertiary alicyclic amines) is 2. The van der Waals surface area contributed by atoms with Crippen molar-refractivity contribution in [1.82, 2.24) is 15.1 Å². The summed E-state index contributed by atoms with van der Waals surface area (Å²) in [7, 11) is 1.94. The maximum Gasteiger partial charge on any atom is 0.193 e. The maximum absolute atomic E-state index is 4.57. The summed E-state index contributed by atoms with van der Waals surface area (Å²) in [6.07, 6.45) is 11.3. The third kappa shape index (κ3) is 4.40. The van der Waals surface area contributed by atoms with Crippen LogP contribution in [0.25, 0.3) is 0 Å². The Hall–Kier alpha value is -0.770. The van der Waals surface area contributed by atoms with Gasteiger partial charge in [0.1, 0.15) is 0 Å². The van der Waals surface area contributed by atoms with Gasteiger partial charge in [0.05, 0.1) is 0 Å². The molecule has 2 saturated heterocycles. The van der Waals surface area contributed by atoms with Gasteiger partial charge in [0, 0.05) is 33.2 Å². The summed E-state index contributed by atoms with van der Waals surface area (Å²) in [5.74, 6) is 1.83. The van der Waals surface area contributed by atoms with E-state index in [1.54, 1.807) is 0 Å². The summed E-state index contributed by atoms with van der Waals surface area (Å²) >= 11 is 0. The van der Waals surface area contributed by atoms with Crippen LogP contribution >= 0.6 is 0 Å². The molecule has 0 aromatic carbocycles. The predicted octanol–water partition coefficient (Wildman–Crippen LogP) is 2.95. The van der Waals surface area contributed by atoms with E-state index in [-0.39, 0.29) is 0 Å². The van der Waals surface area contributed by atoms with Crippen LogP contribution in [0.5, 0.6) is 0 Å². The lowest BCUT2D eigenvalue weighted by Crippen LogP contribution is -2.44. The first-order valence-electron chi connectivity index (χ1n) is 9.89. The van der Waals surface area contributed by atoms with E-state index in [0.717, 1.165) is 12.5 Å². The Kier molecular flexibility index (Phi) is 5.84. The minimum Gasteiger partial charge on any atom is -0.356 e. The normalized spacial score (nSPS) is 26.9. The molecular formula is C19H36N4. The minimum atomic E-state index is 0.608. The molecule has 1 N–H and O–H groups in total. The topological polar surface area (TPSA) is 30.9 Å². The van der Waals surface area contributed by atoms with Gasteiger partial charge in [-0.15, -0.1) is 0 Å². The van der Waals surface area contributed by atoms with Crippen LogP contribution in [0.3, 0.4) is 0 Å². The second-order valence-electron chi connectivity index (χ2n) is 8.27. The van der Waals surface area contributed by atoms with Crippen molar-refractivity contribution in [3.05, 3.63) is 0 Å². The van der Waals surface area contributed by atoms with E-state index in [0.29, 0.717) is 11.3 Å². The molecule has 3 fully saturated rings. The molecule has 1 atom stereocenters. The predicted molar refractivity (Wildman–Crippen MR) is 97.9 cm³/mol. The van der Waals surface area contributed by atoms with Crippen LogP contribution in [0.2, 0.25) is 0 Å². The molecule has 2 aliphatic heterocycles. The number of nitrogens with zero attached hydrogens (tertiary/aromatic N) is 3. The van der Waals surface area contributed by atoms with Crippen LogP contribution in [0.15, 0.2) is 4.99 Å². The molecule has 0 aromatic rings. The highest BCUT2D eigenvalue weighted by atomic mass is 15.3. The zero-order valence-electron chi connectivity index (χ0n) is 15.3. The Balaban J connectivity index is 1.44. The van der Waals surface area contributed by atoms with Gasteiger partial charge in [0.2, 0.25) is 0 Å². The molecule has 1 unspecified atom stereocenters. The van der Waals surface area contributed by atoms with Gasteiger partial charge in [-0.2, -0.15) is 0 Å². The molecule has 2 heterocycles. The standard InChI is InChI=1S/C19H36N4/c1-17(15-22-11-6-7-12-22)14-21-18(20-2)23-13-10-19(16-23)8-4-3-5-9-19/h17H,3-16H2,1-2H3,(H,20,21). The van der Waals surface area contributed by atoms with Crippen LogP contribution in [0.1, 0.15) is 58.3 Å². The van der Waals surface area contributed by atoms with Crippen molar-refractivity contribution in [1.29, 1.82) is 0 Å². The highest BCUT2D eigenvalue weighted by Gasteiger charge is 2.39. The van der Waals surface area contributed by atoms with Crippen LogP contribution in [0, 0.1) is 11.3 Å². The number of hydrogen-bond donors (Lipinski definition) is 1. The molecule has 1 spiro atoms. The number of hydrogen-bond acceptors (Lipinski definition) is 2. The van der Waals surface area contributed by atoms with Gasteiger partial charge in [0.25, 0.3) is 0 Å². The van der Waals surface area contributed by atoms with Crippen molar-refractivity contribution in [3.63, 3.8) is 0 Å². The molecule has 3 rings (SSSR count). The van der Waals surface area contributed by atoms with Gasteiger partial charge in [-0.1, -0.05) is 26.2 Å². The first-order chi connectivity index (χ1) is 11.2. The van der Waals surface area contributed by atoms with Gasteiger partial charge >= 0.3 is 0 Å². The Morgan fingerprint density at radius 2 is 1.78 bits per heavy atom. The molecular weight excluding hydrogens is 284 g/mol. The van der Waals surface area contributed by atoms with E-state index >= 15 is 0 Å². The van der Waals surface area contributed by atoms with Crippen molar-refractivity contribution in [2.45, 2.75) is 58.3 Å². The molecule has 4 heteroatoms. The monoisotopic (exact) mass is 320 g/mol. The van der Waals surface area contributed by atoms with Gasteiger partial charge in [-0.05, 0) is 56.5 Å². The lowest BCUT2D eigenvalue weighted by Gasteiger charge is -2.34. The molecule has 0 amide bonds. The molecule has 1 aliphatic carbocycles. The summed E-state index contributed by atoms with van der Waals surface area (Å²) in [4.78, 5) is 9.70. The lowest BCUT2D eigenvalue weighted by atomic mass is 9.73. The lowest BCUT2D eigenvalue weighted by molar-refractivity contribution is 0.203. The number of guanidine groups is 1. The molecule has 23 heavy (non-hydrogen) atoms. The highest BCUT2D eigenvalue weighted by molar-refractivity contribution is 5.80. The SMILES string of the molecule is CN=C(NCC(C)CN1CCCC1)N1CCC2(CCCCC2)C1. The van der Waals surface area contributed by atoms with Gasteiger partial charge in [0.15, 0.2) is 5.96 Å². The number of aliphatic imine (C=N–C) groups is 1. The molecule has 0 bridgehead atoms. The molecule has 0 radical (unpaired) electrons. The van der Waals surface area contributed by atoms with Crippen LogP contribution in [0.4, 0.5) is 0 Å². The summed E-state index contributed by atoms with van der Waals surface area (Å²) in [5, 5.41) is 3.66. The summed E-state index contributed by atoms with van der Waals surface area (Å²) in [5.41, 5.74) is 0.608. The Morgan fingerprint density at radius 1 is 1.04 bits per heavy atom. The van der Waals surface area contributed by atoms with Gasteiger partial charge in [-0.3, -0.25) is 4.99 Å². The van der Waals surface area contributed by atoms with Crippen LogP contribution < -0.4 is 5.32 Å². The van der Waals surface area contributed by atoms with E-state index in [9.17, 15) is 0 Å². The van der Waals surface area contributed by atoms with Crippen molar-refractivity contribution in [2.24, 2.45) is 16.3 Å². The molecule has 1 saturated carbocycles. The zero-order chi connectivity index (χ0) is 16.1. The fraction of sp³-hybridized carbons (Fsp3) is 0.947. The summed E-state index contributed by atoms with van der Waals surface area (Å²) in [6, 6.07) is 0. The van der Waals surface area contributed by atoms with E-state index in [1.165, 1.54) is 84.1 Å². The van der Waals surface area contributed by atoms with Crippen molar-refractivity contribution < 1.29 is 0 Å². The highest BCUT2D eigenvalue weighted by Crippen LogP contribution is 2.43. The Labute approximate surface area is 142 Å². The molecule has 0 aromatic heterocycles. The minimum absolute atomic E-state index is 0.608. The maximum atomic E-state index is 4.57. The number of rotatable bonds is 4. The smallest absolute Gasteiger partial charge is 0.193 e. The molecule has 4 nitrogen and oxygen atoms in total. The zero-order valence-corrected chi connectivity index (χ0v) is 15.3. The fourth-order valence-corrected chi connectivity index (χ4v) is 4.89. The largest absolute Gasteiger partial charge is 0.356 e. The molecule has 132 valence electrons. The van der Waals surface area contributed by atoms with E-state index in [1.807, 2.05) is 7.05 Å². The third-order valence-corrected chi connectivity index (χ3v) is 6.24. The fourth-order valence-electron chi connectivity index (χ4n) is 4.89. The average molecular weight is 321 g/mol. The van der Waals surface area contributed by atoms with Gasteiger partial charge in [-0.25, -0.2) is 0 Å². The second kappa shape index (κ2) is 7.87. The van der Waals surface area contributed by atoms with Crippen LogP contribution in [-0.4, -0.2) is 62.1 Å². The van der Waals surface area contributed by atoms with Crippen molar-refractivity contribution in [2.75, 3.05) is 46.3 Å². The average Bonchev–Trinajstić information content (AvgIpc) is 3.20. The first-order valence-corrected chi connectivity index (χ1v) is 9.89. The summed E-state index contributed by atoms with van der Waals surface area (Å²) < 4.78 is 0. The molecule has 3 aliphatic rings. The van der Waals surface area contributed by atoms with E-state index in [2.05, 4.69) is 27.0 Å². The Morgan fingerprint density at radius 3 is 2.48 bits per heavy atom. The van der Waals surface area contributed by atoms with E-state index < -0.39 is 0 Å². The summed E-state index contributed by atoms with van der Waals surface area (Å²) in [6.45, 7) is 9.67. The van der Waals surface area contributed by atoms with Crippen molar-refractivity contribution in [3.8, 4) is 0 Å². The first kappa shape index (κ1) is 17.1. The Bertz CT molecular complexity index is 394. The number of nitrogens with one attached hydrogen (secondary N) is 1. The third-order valence-electron chi connectivity index (χ3n) is 6.24. The van der Waals surface area contributed by atoms with E-state index in [4.69, 9.17) is 0 Å². The van der Waals surface area contributed by atoms with Crippen molar-refractivity contribution >= 4 is 5.96 Å². The second-order valence-corrected chi connectivity index (χ2v) is 8.27. The van der Waals surface area contributed by atoms with Gasteiger partial charge < -0.3 is 15.1 Å². The quantitative estimate of drug-likeness (QED) is 0.638. The van der Waals surface area contributed by atoms with Crippen LogP contribution in [-0.2, 0) is 0 Å².